The normalized spacial score (nSPS) is 14.8. The molecule has 2 aromatic rings. The van der Waals surface area contributed by atoms with Gasteiger partial charge in [-0.05, 0) is 61.6 Å². The summed E-state index contributed by atoms with van der Waals surface area (Å²) >= 11 is 0. The lowest BCUT2D eigenvalue weighted by Crippen LogP contribution is -2.53. The molecule has 0 aliphatic heterocycles. The summed E-state index contributed by atoms with van der Waals surface area (Å²) in [6.07, 6.45) is 5.52. The van der Waals surface area contributed by atoms with Crippen LogP contribution in [0.2, 0.25) is 0 Å². The molecule has 36 heavy (non-hydrogen) atoms. The van der Waals surface area contributed by atoms with Gasteiger partial charge < -0.3 is 15.0 Å². The quantitative estimate of drug-likeness (QED) is 0.493. The second kappa shape index (κ2) is 12.3. The molecule has 8 nitrogen and oxygen atoms in total. The molecule has 196 valence electrons. The third kappa shape index (κ3) is 7.22. The molecule has 0 aromatic heterocycles. The Morgan fingerprint density at radius 1 is 1.11 bits per heavy atom. The van der Waals surface area contributed by atoms with Crippen LogP contribution in [0.1, 0.15) is 50.2 Å². The molecule has 0 spiro atoms. The van der Waals surface area contributed by atoms with E-state index < -0.39 is 28.5 Å². The number of nitrogens with zero attached hydrogens (tertiary/aromatic N) is 2. The summed E-state index contributed by atoms with van der Waals surface area (Å²) in [6, 6.07) is 13.7. The Bertz CT molecular complexity index is 1140. The number of amides is 2. The molecule has 0 heterocycles. The van der Waals surface area contributed by atoms with Crippen LogP contribution in [0.4, 0.5) is 5.69 Å². The summed E-state index contributed by atoms with van der Waals surface area (Å²) < 4.78 is 31.7. The first-order valence-electron chi connectivity index (χ1n) is 12.4. The lowest BCUT2D eigenvalue weighted by Gasteiger charge is -2.33. The molecule has 0 unspecified atom stereocenters. The van der Waals surface area contributed by atoms with Gasteiger partial charge in [0.05, 0.1) is 19.1 Å². The van der Waals surface area contributed by atoms with E-state index >= 15 is 0 Å². The van der Waals surface area contributed by atoms with Crippen LogP contribution in [-0.2, 0) is 26.2 Å². The van der Waals surface area contributed by atoms with Crippen LogP contribution in [0.25, 0.3) is 0 Å². The number of carbonyl (C=O) groups is 2. The standard InChI is InChI=1S/C27H37N3O5S/c1-5-25(27(32)28-22-10-6-7-11-22)29(18-21-13-15-24(35-3)16-14-21)26(31)19-30(36(4,33)34)23-12-8-9-20(2)17-23/h8-9,12-17,22,25H,5-7,10-11,18-19H2,1-4H3,(H,28,32)/t25-/m0/s1. The fourth-order valence-corrected chi connectivity index (χ4v) is 5.45. The summed E-state index contributed by atoms with van der Waals surface area (Å²) in [7, 11) is -2.17. The lowest BCUT2D eigenvalue weighted by molar-refractivity contribution is -0.140. The van der Waals surface area contributed by atoms with Crippen LogP contribution < -0.4 is 14.4 Å². The van der Waals surface area contributed by atoms with Crippen LogP contribution in [0.15, 0.2) is 48.5 Å². The zero-order valence-corrected chi connectivity index (χ0v) is 22.4. The Labute approximate surface area is 214 Å². The van der Waals surface area contributed by atoms with E-state index in [2.05, 4.69) is 5.32 Å². The first-order valence-corrected chi connectivity index (χ1v) is 14.2. The number of aryl methyl sites for hydroxylation is 1. The summed E-state index contributed by atoms with van der Waals surface area (Å²) in [6.45, 7) is 3.50. The van der Waals surface area contributed by atoms with Crippen molar-refractivity contribution < 1.29 is 22.7 Å². The Balaban J connectivity index is 1.91. The van der Waals surface area contributed by atoms with Crippen molar-refractivity contribution >= 4 is 27.5 Å². The minimum atomic E-state index is -3.75. The molecular weight excluding hydrogens is 478 g/mol. The largest absolute Gasteiger partial charge is 0.497 e. The van der Waals surface area contributed by atoms with E-state index in [-0.39, 0.29) is 18.5 Å². The smallest absolute Gasteiger partial charge is 0.244 e. The van der Waals surface area contributed by atoms with Gasteiger partial charge in [0.25, 0.3) is 0 Å². The van der Waals surface area contributed by atoms with Gasteiger partial charge in [0.2, 0.25) is 21.8 Å². The highest BCUT2D eigenvalue weighted by atomic mass is 32.2. The average Bonchev–Trinajstić information content (AvgIpc) is 3.35. The predicted molar refractivity (Wildman–Crippen MR) is 141 cm³/mol. The van der Waals surface area contributed by atoms with E-state index in [1.807, 2.05) is 32.0 Å². The molecule has 1 aliphatic rings. The highest BCUT2D eigenvalue weighted by molar-refractivity contribution is 7.92. The molecule has 1 atom stereocenters. The predicted octanol–water partition coefficient (Wildman–Crippen LogP) is 3.64. The van der Waals surface area contributed by atoms with Crippen molar-refractivity contribution in [3.05, 3.63) is 59.7 Å². The van der Waals surface area contributed by atoms with Crippen molar-refractivity contribution in [3.63, 3.8) is 0 Å². The molecule has 1 fully saturated rings. The SMILES string of the molecule is CC[C@@H](C(=O)NC1CCCC1)N(Cc1ccc(OC)cc1)C(=O)CN(c1cccc(C)c1)S(C)(=O)=O. The van der Waals surface area contributed by atoms with Crippen LogP contribution in [-0.4, -0.2) is 57.1 Å². The van der Waals surface area contributed by atoms with E-state index in [1.54, 1.807) is 37.4 Å². The lowest BCUT2D eigenvalue weighted by atomic mass is 10.1. The zero-order chi connectivity index (χ0) is 26.3. The summed E-state index contributed by atoms with van der Waals surface area (Å²) in [5.74, 6) is 0.0456. The summed E-state index contributed by atoms with van der Waals surface area (Å²) in [4.78, 5) is 28.6. The Morgan fingerprint density at radius 2 is 1.78 bits per heavy atom. The zero-order valence-electron chi connectivity index (χ0n) is 21.6. The molecular formula is C27H37N3O5S. The van der Waals surface area contributed by atoms with Crippen LogP contribution in [0.5, 0.6) is 5.75 Å². The van der Waals surface area contributed by atoms with Gasteiger partial charge in [0, 0.05) is 12.6 Å². The minimum Gasteiger partial charge on any atom is -0.497 e. The van der Waals surface area contributed by atoms with E-state index in [1.165, 1.54) is 4.90 Å². The van der Waals surface area contributed by atoms with Gasteiger partial charge in [0.15, 0.2) is 0 Å². The van der Waals surface area contributed by atoms with Gasteiger partial charge in [-0.1, -0.05) is 44.0 Å². The summed E-state index contributed by atoms with van der Waals surface area (Å²) in [5.41, 5.74) is 2.11. The number of benzene rings is 2. The number of hydrogen-bond donors (Lipinski definition) is 1. The van der Waals surface area contributed by atoms with Gasteiger partial charge in [-0.25, -0.2) is 8.42 Å². The van der Waals surface area contributed by atoms with Gasteiger partial charge >= 0.3 is 0 Å². The third-order valence-corrected chi connectivity index (χ3v) is 7.71. The van der Waals surface area contributed by atoms with Crippen molar-refractivity contribution in [2.45, 2.75) is 64.6 Å². The Kier molecular flexibility index (Phi) is 9.37. The number of rotatable bonds is 11. The second-order valence-electron chi connectivity index (χ2n) is 9.39. The fraction of sp³-hybridized carbons (Fsp3) is 0.481. The number of methoxy groups -OCH3 is 1. The van der Waals surface area contributed by atoms with Crippen molar-refractivity contribution in [1.29, 1.82) is 0 Å². The number of sulfonamides is 1. The maximum Gasteiger partial charge on any atom is 0.244 e. The van der Waals surface area contributed by atoms with Gasteiger partial charge in [-0.15, -0.1) is 0 Å². The van der Waals surface area contributed by atoms with Gasteiger partial charge in [-0.3, -0.25) is 13.9 Å². The van der Waals surface area contributed by atoms with E-state index in [4.69, 9.17) is 4.74 Å². The van der Waals surface area contributed by atoms with E-state index in [9.17, 15) is 18.0 Å². The number of ether oxygens (including phenoxy) is 1. The van der Waals surface area contributed by atoms with Gasteiger partial charge in [-0.2, -0.15) is 0 Å². The monoisotopic (exact) mass is 515 g/mol. The molecule has 2 aromatic carbocycles. The number of carbonyl (C=O) groups excluding carboxylic acids is 2. The minimum absolute atomic E-state index is 0.115. The first-order chi connectivity index (χ1) is 17.1. The molecule has 3 rings (SSSR count). The van der Waals surface area contributed by atoms with E-state index in [0.717, 1.165) is 47.4 Å². The topological polar surface area (TPSA) is 96.0 Å². The maximum absolute atomic E-state index is 13.7. The Hall–Kier alpha value is -3.07. The van der Waals surface area contributed by atoms with Crippen molar-refractivity contribution in [3.8, 4) is 5.75 Å². The Morgan fingerprint density at radius 3 is 2.33 bits per heavy atom. The fourth-order valence-electron chi connectivity index (χ4n) is 4.61. The van der Waals surface area contributed by atoms with Gasteiger partial charge in [0.1, 0.15) is 18.3 Å². The van der Waals surface area contributed by atoms with Crippen molar-refractivity contribution in [2.75, 3.05) is 24.2 Å². The molecule has 1 aliphatic carbocycles. The molecule has 0 bridgehead atoms. The molecule has 1 saturated carbocycles. The van der Waals surface area contributed by atoms with Crippen LogP contribution in [0.3, 0.4) is 0 Å². The highest BCUT2D eigenvalue weighted by Gasteiger charge is 2.33. The van der Waals surface area contributed by atoms with Crippen LogP contribution >= 0.6 is 0 Å². The molecule has 2 amide bonds. The average molecular weight is 516 g/mol. The molecule has 0 radical (unpaired) electrons. The van der Waals surface area contributed by atoms with E-state index in [0.29, 0.717) is 17.9 Å². The first kappa shape index (κ1) is 27.5. The molecule has 1 N–H and O–H groups in total. The highest BCUT2D eigenvalue weighted by Crippen LogP contribution is 2.22. The number of hydrogen-bond acceptors (Lipinski definition) is 5. The third-order valence-electron chi connectivity index (χ3n) is 6.57. The number of nitrogens with one attached hydrogen (secondary N) is 1. The second-order valence-corrected chi connectivity index (χ2v) is 11.3. The molecule has 9 heteroatoms. The van der Waals surface area contributed by atoms with Crippen molar-refractivity contribution in [1.82, 2.24) is 10.2 Å². The van der Waals surface area contributed by atoms with Crippen molar-refractivity contribution in [2.24, 2.45) is 0 Å². The molecule has 0 saturated heterocycles. The maximum atomic E-state index is 13.7. The van der Waals surface area contributed by atoms with Crippen LogP contribution in [0, 0.1) is 6.92 Å². The summed E-state index contributed by atoms with van der Waals surface area (Å²) in [5, 5.41) is 3.11. The number of anilines is 1.